The number of rotatable bonds is 0. The van der Waals surface area contributed by atoms with Crippen LogP contribution in [0.5, 0.6) is 0 Å². The van der Waals surface area contributed by atoms with Gasteiger partial charge in [0, 0.05) is 0 Å². The SMILES string of the molecule is [O-2].[S]=[Zn]=[S]. The Morgan fingerprint density at radius 3 is 1.25 bits per heavy atom. The summed E-state index contributed by atoms with van der Waals surface area (Å²) in [6, 6.07) is 0. The van der Waals surface area contributed by atoms with Crippen molar-refractivity contribution in [3.05, 3.63) is 0 Å². The fourth-order valence-corrected chi connectivity index (χ4v) is 0. The van der Waals surface area contributed by atoms with Crippen LogP contribution in [-0.2, 0) is 19.1 Å². The summed E-state index contributed by atoms with van der Waals surface area (Å²) in [6.45, 7) is 0. The first-order valence-corrected chi connectivity index (χ1v) is 9.00. The second-order valence-electron chi connectivity index (χ2n) is 0.118. The summed E-state index contributed by atoms with van der Waals surface area (Å²) < 4.78 is 0. The van der Waals surface area contributed by atoms with Crippen LogP contribution in [0.25, 0.3) is 0 Å². The minimum absolute atomic E-state index is 0. The molecule has 0 atom stereocenters. The van der Waals surface area contributed by atoms with Crippen LogP contribution in [0, 0.1) is 0 Å². The molecule has 22 valence electrons. The Hall–Kier alpha value is 1.02. The molecule has 0 aliphatic rings. The van der Waals surface area contributed by atoms with Gasteiger partial charge in [0.2, 0.25) is 0 Å². The average Bonchev–Trinajstić information content (AvgIpc) is 0.918. The molecule has 0 fully saturated rings. The predicted octanol–water partition coefficient (Wildman–Crippen LogP) is 1.18. The van der Waals surface area contributed by atoms with Gasteiger partial charge in [0.25, 0.3) is 0 Å². The van der Waals surface area contributed by atoms with Crippen molar-refractivity contribution in [1.82, 2.24) is 0 Å². The molecule has 0 aromatic rings. The second-order valence-corrected chi connectivity index (χ2v) is 5.51. The van der Waals surface area contributed by atoms with Crippen molar-refractivity contribution in [3.63, 3.8) is 0 Å². The van der Waals surface area contributed by atoms with Gasteiger partial charge >= 0.3 is 33.9 Å². The van der Waals surface area contributed by atoms with Gasteiger partial charge in [-0.1, -0.05) is 0 Å². The van der Waals surface area contributed by atoms with Gasteiger partial charge in [0.1, 0.15) is 0 Å². The first kappa shape index (κ1) is 8.90. The Balaban J connectivity index is 0. The molecule has 0 aromatic carbocycles. The van der Waals surface area contributed by atoms with E-state index < -0.39 is 13.6 Å². The van der Waals surface area contributed by atoms with Crippen LogP contribution in [0.1, 0.15) is 0 Å². The zero-order valence-electron chi connectivity index (χ0n) is 1.93. The van der Waals surface area contributed by atoms with Gasteiger partial charge in [0.15, 0.2) is 0 Å². The molecule has 0 saturated carbocycles. The van der Waals surface area contributed by atoms with Gasteiger partial charge in [-0.05, 0) is 0 Å². The Labute approximate surface area is 39.5 Å². The summed E-state index contributed by atoms with van der Waals surface area (Å²) >= 11 is -0.708. The Morgan fingerprint density at radius 2 is 1.25 bits per heavy atom. The fourth-order valence-electron chi connectivity index (χ4n) is 0. The molecule has 0 rings (SSSR count). The summed E-state index contributed by atoms with van der Waals surface area (Å²) in [5.41, 5.74) is 0. The maximum atomic E-state index is 4.40. The molecule has 1 nitrogen and oxygen atoms in total. The maximum absolute atomic E-state index is 4.40. The molecule has 0 aromatic heterocycles. The Bertz CT molecular complexity index is 27.0. The van der Waals surface area contributed by atoms with Gasteiger partial charge in [-0.15, -0.1) is 0 Å². The molecule has 0 bridgehead atoms. The first-order chi connectivity index (χ1) is 1.41. The average molecular weight is 146 g/mol. The zero-order valence-corrected chi connectivity index (χ0v) is 6.53. The van der Waals surface area contributed by atoms with Crippen molar-refractivity contribution in [2.45, 2.75) is 0 Å². The predicted molar refractivity (Wildman–Crippen MR) is 15.9 cm³/mol. The van der Waals surface area contributed by atoms with E-state index in [-0.39, 0.29) is 5.48 Å². The van der Waals surface area contributed by atoms with Crippen LogP contribution in [0.2, 0.25) is 0 Å². The van der Waals surface area contributed by atoms with Crippen LogP contribution in [-0.4, -0.2) is 0 Å². The van der Waals surface area contributed by atoms with Crippen molar-refractivity contribution >= 4 is 20.2 Å². The summed E-state index contributed by atoms with van der Waals surface area (Å²) in [7, 11) is 8.79. The molecule has 4 heavy (non-hydrogen) atoms. The van der Waals surface area contributed by atoms with Crippen LogP contribution in [0.15, 0.2) is 0 Å². The second kappa shape index (κ2) is 8.98. The van der Waals surface area contributed by atoms with Crippen molar-refractivity contribution in [3.8, 4) is 0 Å². The van der Waals surface area contributed by atoms with Gasteiger partial charge < -0.3 is 5.48 Å². The van der Waals surface area contributed by atoms with Crippen molar-refractivity contribution in [1.29, 1.82) is 0 Å². The van der Waals surface area contributed by atoms with E-state index in [9.17, 15) is 0 Å². The molecule has 0 heterocycles. The molecule has 0 N–H and O–H groups in total. The summed E-state index contributed by atoms with van der Waals surface area (Å²) in [4.78, 5) is 0. The van der Waals surface area contributed by atoms with Crippen LogP contribution in [0.3, 0.4) is 0 Å². The third-order valence-corrected chi connectivity index (χ3v) is 0. The molecule has 0 unspecified atom stereocenters. The van der Waals surface area contributed by atoms with E-state index in [1.807, 2.05) is 0 Å². The van der Waals surface area contributed by atoms with E-state index in [2.05, 4.69) is 20.2 Å². The topological polar surface area (TPSA) is 28.5 Å². The molecule has 0 spiro atoms. The molecular weight excluding hydrogens is 146 g/mol. The Kier molecular flexibility index (Phi) is 20.0. The monoisotopic (exact) mass is 144 g/mol. The van der Waals surface area contributed by atoms with E-state index in [1.54, 1.807) is 0 Å². The van der Waals surface area contributed by atoms with E-state index in [0.717, 1.165) is 0 Å². The van der Waals surface area contributed by atoms with Gasteiger partial charge in [0.05, 0.1) is 0 Å². The minimum atomic E-state index is -0.708. The number of hydrogen-bond donors (Lipinski definition) is 0. The third-order valence-electron chi connectivity index (χ3n) is 0. The summed E-state index contributed by atoms with van der Waals surface area (Å²) in [5.74, 6) is 0. The summed E-state index contributed by atoms with van der Waals surface area (Å²) in [5, 5.41) is 0. The first-order valence-electron chi connectivity index (χ1n) is 0.577. The Morgan fingerprint density at radius 1 is 1.25 bits per heavy atom. The molecule has 0 radical (unpaired) electrons. The van der Waals surface area contributed by atoms with Gasteiger partial charge in [-0.2, -0.15) is 0 Å². The zero-order chi connectivity index (χ0) is 2.71. The molecule has 0 aliphatic heterocycles. The fraction of sp³-hybridized carbons (Fsp3) is 0. The quantitative estimate of drug-likeness (QED) is 0.479. The van der Waals surface area contributed by atoms with Crippen molar-refractivity contribution in [2.24, 2.45) is 0 Å². The normalized spacial score (nSPS) is 5.00. The molecular formula is OS2Zn-2. The molecule has 0 amide bonds. The van der Waals surface area contributed by atoms with Crippen LogP contribution < -0.4 is 0 Å². The van der Waals surface area contributed by atoms with Crippen molar-refractivity contribution in [2.75, 3.05) is 0 Å². The molecule has 4 heteroatoms. The van der Waals surface area contributed by atoms with Crippen LogP contribution >= 0.6 is 20.2 Å². The molecule has 0 aliphatic carbocycles. The van der Waals surface area contributed by atoms with Gasteiger partial charge in [-0.25, -0.2) is 0 Å². The number of hydrogen-bond acceptors (Lipinski definition) is 2. The van der Waals surface area contributed by atoms with Gasteiger partial charge in [-0.3, -0.25) is 0 Å². The molecule has 0 saturated heterocycles. The van der Waals surface area contributed by atoms with Crippen LogP contribution in [0.4, 0.5) is 0 Å². The van der Waals surface area contributed by atoms with E-state index in [0.29, 0.717) is 0 Å². The summed E-state index contributed by atoms with van der Waals surface area (Å²) in [6.07, 6.45) is 0. The van der Waals surface area contributed by atoms with E-state index in [1.165, 1.54) is 0 Å². The van der Waals surface area contributed by atoms with Crippen molar-refractivity contribution < 1.29 is 19.1 Å². The third kappa shape index (κ3) is 11.8. The van der Waals surface area contributed by atoms with E-state index >= 15 is 0 Å². The van der Waals surface area contributed by atoms with E-state index in [4.69, 9.17) is 0 Å². The standard InChI is InChI=1S/O.2S.Zn/q-2;;;.